The number of halogens is 3. The SMILES string of the molecule is CCCCCN1CCC(c2ccc(N(C)C)cc2)C(COc2ccc(C(F)(F)F)cc2)C1. The van der Waals surface area contributed by atoms with Crippen LogP contribution >= 0.6 is 0 Å². The molecule has 0 aliphatic carbocycles. The molecule has 32 heavy (non-hydrogen) atoms. The molecule has 0 aromatic heterocycles. The zero-order valence-electron chi connectivity index (χ0n) is 19.4. The zero-order chi connectivity index (χ0) is 23.1. The van der Waals surface area contributed by atoms with Gasteiger partial charge in [0.05, 0.1) is 12.2 Å². The summed E-state index contributed by atoms with van der Waals surface area (Å²) in [7, 11) is 4.06. The summed E-state index contributed by atoms with van der Waals surface area (Å²) in [6.45, 7) is 5.82. The highest BCUT2D eigenvalue weighted by Crippen LogP contribution is 2.35. The molecule has 1 fully saturated rings. The second-order valence-electron chi connectivity index (χ2n) is 8.98. The largest absolute Gasteiger partial charge is 0.493 e. The molecule has 176 valence electrons. The zero-order valence-corrected chi connectivity index (χ0v) is 19.4. The summed E-state index contributed by atoms with van der Waals surface area (Å²) in [6.07, 6.45) is 0.373. The summed E-state index contributed by atoms with van der Waals surface area (Å²) >= 11 is 0. The van der Waals surface area contributed by atoms with Crippen LogP contribution in [0, 0.1) is 5.92 Å². The molecule has 6 heteroatoms. The second kappa shape index (κ2) is 11.1. The van der Waals surface area contributed by atoms with Crippen LogP contribution in [-0.4, -0.2) is 45.2 Å². The number of nitrogens with zero attached hydrogens (tertiary/aromatic N) is 2. The Morgan fingerprint density at radius 1 is 1.00 bits per heavy atom. The van der Waals surface area contributed by atoms with Crippen LogP contribution < -0.4 is 9.64 Å². The van der Waals surface area contributed by atoms with E-state index in [0.29, 0.717) is 18.3 Å². The van der Waals surface area contributed by atoms with Crippen molar-refractivity contribution in [3.63, 3.8) is 0 Å². The van der Waals surface area contributed by atoms with Crippen molar-refractivity contribution < 1.29 is 17.9 Å². The molecular formula is C26H35F3N2O. The minimum absolute atomic E-state index is 0.290. The number of piperidine rings is 1. The average Bonchev–Trinajstić information content (AvgIpc) is 2.78. The molecule has 0 radical (unpaired) electrons. The maximum atomic E-state index is 12.8. The van der Waals surface area contributed by atoms with E-state index in [2.05, 4.69) is 41.0 Å². The number of benzene rings is 2. The monoisotopic (exact) mass is 448 g/mol. The minimum Gasteiger partial charge on any atom is -0.493 e. The van der Waals surface area contributed by atoms with Crippen molar-refractivity contribution in [2.75, 3.05) is 45.2 Å². The van der Waals surface area contributed by atoms with Gasteiger partial charge in [0, 0.05) is 32.2 Å². The van der Waals surface area contributed by atoms with Gasteiger partial charge in [-0.25, -0.2) is 0 Å². The summed E-state index contributed by atoms with van der Waals surface area (Å²) in [6, 6.07) is 13.7. The van der Waals surface area contributed by atoms with Crippen molar-refractivity contribution in [1.82, 2.24) is 4.90 Å². The van der Waals surface area contributed by atoms with Crippen LogP contribution in [0.3, 0.4) is 0 Å². The Labute approximate surface area is 190 Å². The molecule has 0 N–H and O–H groups in total. The Hall–Kier alpha value is -2.21. The van der Waals surface area contributed by atoms with Gasteiger partial charge in [0.1, 0.15) is 5.75 Å². The van der Waals surface area contributed by atoms with Crippen LogP contribution in [-0.2, 0) is 6.18 Å². The lowest BCUT2D eigenvalue weighted by molar-refractivity contribution is -0.137. The molecule has 2 aromatic carbocycles. The molecular weight excluding hydrogens is 413 g/mol. The fraction of sp³-hybridized carbons (Fsp3) is 0.538. The molecule has 3 rings (SSSR count). The first-order chi connectivity index (χ1) is 15.3. The van der Waals surface area contributed by atoms with Crippen molar-refractivity contribution in [3.05, 3.63) is 59.7 Å². The van der Waals surface area contributed by atoms with Gasteiger partial charge in [-0.1, -0.05) is 31.9 Å². The molecule has 0 spiro atoms. The number of alkyl halides is 3. The van der Waals surface area contributed by atoms with E-state index in [4.69, 9.17) is 4.74 Å². The number of ether oxygens (including phenoxy) is 1. The number of rotatable bonds is 9. The molecule has 2 aromatic rings. The Balaban J connectivity index is 1.69. The van der Waals surface area contributed by atoms with E-state index in [-0.39, 0.29) is 5.92 Å². The van der Waals surface area contributed by atoms with Crippen LogP contribution in [0.25, 0.3) is 0 Å². The van der Waals surface area contributed by atoms with Crippen molar-refractivity contribution in [2.24, 2.45) is 5.92 Å². The van der Waals surface area contributed by atoms with E-state index < -0.39 is 11.7 Å². The summed E-state index contributed by atoms with van der Waals surface area (Å²) < 4.78 is 44.5. The van der Waals surface area contributed by atoms with Gasteiger partial charge in [0.25, 0.3) is 0 Å². The lowest BCUT2D eigenvalue weighted by atomic mass is 9.80. The molecule has 1 aliphatic heterocycles. The van der Waals surface area contributed by atoms with Crippen molar-refractivity contribution in [1.29, 1.82) is 0 Å². The number of anilines is 1. The molecule has 0 amide bonds. The number of hydrogen-bond acceptors (Lipinski definition) is 3. The molecule has 0 saturated carbocycles. The van der Waals surface area contributed by atoms with Crippen molar-refractivity contribution in [3.8, 4) is 5.75 Å². The minimum atomic E-state index is -4.33. The second-order valence-corrected chi connectivity index (χ2v) is 8.98. The molecule has 2 unspecified atom stereocenters. The van der Waals surface area contributed by atoms with E-state index in [1.807, 2.05) is 14.1 Å². The third kappa shape index (κ3) is 6.64. The fourth-order valence-electron chi connectivity index (χ4n) is 4.47. The summed E-state index contributed by atoms with van der Waals surface area (Å²) in [4.78, 5) is 4.60. The van der Waals surface area contributed by atoms with E-state index in [0.717, 1.165) is 38.2 Å². The predicted molar refractivity (Wildman–Crippen MR) is 125 cm³/mol. The maximum absolute atomic E-state index is 12.8. The van der Waals surface area contributed by atoms with Gasteiger partial charge in [-0.05, 0) is 73.8 Å². The van der Waals surface area contributed by atoms with Gasteiger partial charge in [0.2, 0.25) is 0 Å². The normalized spacial score (nSPS) is 19.7. The first-order valence-corrected chi connectivity index (χ1v) is 11.6. The molecule has 1 saturated heterocycles. The van der Waals surface area contributed by atoms with Crippen molar-refractivity contribution >= 4 is 5.69 Å². The topological polar surface area (TPSA) is 15.7 Å². The average molecular weight is 449 g/mol. The van der Waals surface area contributed by atoms with E-state index in [1.54, 1.807) is 0 Å². The third-order valence-corrected chi connectivity index (χ3v) is 6.38. The van der Waals surface area contributed by atoms with Gasteiger partial charge < -0.3 is 14.5 Å². The van der Waals surface area contributed by atoms with Crippen LogP contribution in [0.2, 0.25) is 0 Å². The third-order valence-electron chi connectivity index (χ3n) is 6.38. The van der Waals surface area contributed by atoms with Gasteiger partial charge >= 0.3 is 6.18 Å². The first kappa shape index (κ1) is 24.4. The highest BCUT2D eigenvalue weighted by atomic mass is 19.4. The van der Waals surface area contributed by atoms with E-state index >= 15 is 0 Å². The highest BCUT2D eigenvalue weighted by molar-refractivity contribution is 5.46. The molecule has 1 aliphatic rings. The van der Waals surface area contributed by atoms with Gasteiger partial charge in [-0.3, -0.25) is 0 Å². The highest BCUT2D eigenvalue weighted by Gasteiger charge is 2.32. The number of unbranched alkanes of at least 4 members (excludes halogenated alkanes) is 2. The number of likely N-dealkylation sites (tertiary alicyclic amines) is 1. The number of hydrogen-bond donors (Lipinski definition) is 0. The van der Waals surface area contributed by atoms with Gasteiger partial charge in [-0.15, -0.1) is 0 Å². The first-order valence-electron chi connectivity index (χ1n) is 11.6. The Kier molecular flexibility index (Phi) is 8.46. The van der Waals surface area contributed by atoms with Crippen LogP contribution in [0.15, 0.2) is 48.5 Å². The molecule has 1 heterocycles. The quantitative estimate of drug-likeness (QED) is 0.410. The summed E-state index contributed by atoms with van der Waals surface area (Å²) in [5.41, 5.74) is 1.83. The van der Waals surface area contributed by atoms with Crippen LogP contribution in [0.5, 0.6) is 5.75 Å². The van der Waals surface area contributed by atoms with Crippen molar-refractivity contribution in [2.45, 2.75) is 44.7 Å². The Bertz CT molecular complexity index is 818. The summed E-state index contributed by atoms with van der Waals surface area (Å²) in [5.74, 6) is 1.16. The lowest BCUT2D eigenvalue weighted by Crippen LogP contribution is -2.42. The maximum Gasteiger partial charge on any atom is 0.416 e. The molecule has 0 bridgehead atoms. The smallest absolute Gasteiger partial charge is 0.416 e. The molecule has 2 atom stereocenters. The lowest BCUT2D eigenvalue weighted by Gasteiger charge is -2.39. The fourth-order valence-corrected chi connectivity index (χ4v) is 4.47. The van der Waals surface area contributed by atoms with Gasteiger partial charge in [-0.2, -0.15) is 13.2 Å². The van der Waals surface area contributed by atoms with Crippen LogP contribution in [0.1, 0.15) is 49.7 Å². The summed E-state index contributed by atoms with van der Waals surface area (Å²) in [5, 5.41) is 0. The van der Waals surface area contributed by atoms with Gasteiger partial charge in [0.15, 0.2) is 0 Å². The van der Waals surface area contributed by atoms with E-state index in [9.17, 15) is 13.2 Å². The van der Waals surface area contributed by atoms with Crippen LogP contribution in [0.4, 0.5) is 18.9 Å². The molecule has 3 nitrogen and oxygen atoms in total. The Morgan fingerprint density at radius 3 is 2.28 bits per heavy atom. The predicted octanol–water partition coefficient (Wildman–Crippen LogP) is 6.45. The Morgan fingerprint density at radius 2 is 1.69 bits per heavy atom. The van der Waals surface area contributed by atoms with E-state index in [1.165, 1.54) is 42.6 Å². The standard InChI is InChI=1S/C26H35F3N2O/c1-4-5-6-16-31-17-15-25(20-7-11-23(12-8-20)30(2)3)21(18-31)19-32-24-13-9-22(10-14-24)26(27,28)29/h7-14,21,25H,4-6,15-19H2,1-3H3.